The molecule has 0 atom stereocenters. The van der Waals surface area contributed by atoms with Crippen molar-refractivity contribution in [3.63, 3.8) is 0 Å². The van der Waals surface area contributed by atoms with E-state index in [4.69, 9.17) is 4.74 Å². The maximum absolute atomic E-state index is 5.15. The van der Waals surface area contributed by atoms with Crippen molar-refractivity contribution in [2.45, 2.75) is 25.4 Å². The molecule has 1 saturated carbocycles. The lowest BCUT2D eigenvalue weighted by atomic mass is 9.81. The number of ether oxygens (including phenoxy) is 1. The van der Waals surface area contributed by atoms with Crippen LogP contribution in [0.2, 0.25) is 0 Å². The molecule has 0 N–H and O–H groups in total. The normalized spacial score (nSPS) is 34.0. The van der Waals surface area contributed by atoms with Gasteiger partial charge in [0, 0.05) is 12.4 Å². The van der Waals surface area contributed by atoms with E-state index in [1.807, 2.05) is 0 Å². The molecule has 0 spiro atoms. The van der Waals surface area contributed by atoms with E-state index < -0.39 is 0 Å². The van der Waals surface area contributed by atoms with Gasteiger partial charge in [-0.1, -0.05) is 15.9 Å². The summed E-state index contributed by atoms with van der Waals surface area (Å²) in [4.78, 5) is 0. The van der Waals surface area contributed by atoms with Crippen LogP contribution in [0.1, 0.15) is 19.3 Å². The van der Waals surface area contributed by atoms with E-state index in [1.165, 1.54) is 19.3 Å². The van der Waals surface area contributed by atoms with E-state index >= 15 is 0 Å². The number of rotatable bonds is 3. The van der Waals surface area contributed by atoms with E-state index in [2.05, 4.69) is 15.9 Å². The summed E-state index contributed by atoms with van der Waals surface area (Å²) in [7, 11) is 1.80. The lowest BCUT2D eigenvalue weighted by Crippen LogP contribution is -2.30. The fraction of sp³-hybridized carbons (Fsp3) is 1.00. The fourth-order valence-electron chi connectivity index (χ4n) is 1.26. The van der Waals surface area contributed by atoms with Crippen LogP contribution in [-0.4, -0.2) is 18.5 Å². The summed E-state index contributed by atoms with van der Waals surface area (Å²) in [5.74, 6) is 0.939. The van der Waals surface area contributed by atoms with Gasteiger partial charge in [0.2, 0.25) is 0 Å². The SMILES string of the molecule is COC1CC(CCBr)C1. The molecule has 0 unspecified atom stereocenters. The third-order valence-electron chi connectivity index (χ3n) is 2.04. The molecule has 0 aliphatic heterocycles. The van der Waals surface area contributed by atoms with Crippen molar-refractivity contribution in [1.29, 1.82) is 0 Å². The van der Waals surface area contributed by atoms with Crippen molar-refractivity contribution >= 4 is 15.9 Å². The predicted molar refractivity (Wildman–Crippen MR) is 41.9 cm³/mol. The summed E-state index contributed by atoms with van der Waals surface area (Å²) in [5.41, 5.74) is 0. The zero-order valence-corrected chi connectivity index (χ0v) is 7.36. The first kappa shape index (κ1) is 7.55. The maximum atomic E-state index is 5.15. The Labute approximate surface area is 64.9 Å². The van der Waals surface area contributed by atoms with Crippen molar-refractivity contribution in [3.8, 4) is 0 Å². The molecule has 0 bridgehead atoms. The van der Waals surface area contributed by atoms with Crippen LogP contribution < -0.4 is 0 Å². The lowest BCUT2D eigenvalue weighted by molar-refractivity contribution is 0.000582. The molecule has 0 heterocycles. The smallest absolute Gasteiger partial charge is 0.0576 e. The third kappa shape index (κ3) is 1.94. The van der Waals surface area contributed by atoms with Gasteiger partial charge in [-0.3, -0.25) is 0 Å². The van der Waals surface area contributed by atoms with Crippen LogP contribution in [0.4, 0.5) is 0 Å². The van der Waals surface area contributed by atoms with Gasteiger partial charge in [0.15, 0.2) is 0 Å². The molecule has 0 saturated heterocycles. The molecule has 1 aliphatic carbocycles. The highest BCUT2D eigenvalue weighted by atomic mass is 79.9. The Morgan fingerprint density at radius 3 is 2.67 bits per heavy atom. The Morgan fingerprint density at radius 1 is 1.56 bits per heavy atom. The van der Waals surface area contributed by atoms with Crippen molar-refractivity contribution in [3.05, 3.63) is 0 Å². The van der Waals surface area contributed by atoms with Gasteiger partial charge >= 0.3 is 0 Å². The van der Waals surface area contributed by atoms with Crippen LogP contribution in [0, 0.1) is 5.92 Å². The van der Waals surface area contributed by atoms with Gasteiger partial charge in [-0.15, -0.1) is 0 Å². The maximum Gasteiger partial charge on any atom is 0.0576 e. The van der Waals surface area contributed by atoms with E-state index in [-0.39, 0.29) is 0 Å². The average molecular weight is 193 g/mol. The molecule has 0 aromatic rings. The van der Waals surface area contributed by atoms with Crippen molar-refractivity contribution < 1.29 is 4.74 Å². The van der Waals surface area contributed by atoms with Crippen molar-refractivity contribution in [2.24, 2.45) is 5.92 Å². The fourth-order valence-corrected chi connectivity index (χ4v) is 1.90. The Bertz CT molecular complexity index is 79.0. The minimum atomic E-state index is 0.578. The van der Waals surface area contributed by atoms with Crippen LogP contribution in [0.15, 0.2) is 0 Å². The molecule has 1 aliphatic rings. The lowest BCUT2D eigenvalue weighted by Gasteiger charge is -2.33. The summed E-state index contributed by atoms with van der Waals surface area (Å²) >= 11 is 3.43. The Morgan fingerprint density at radius 2 is 2.22 bits per heavy atom. The van der Waals surface area contributed by atoms with E-state index in [1.54, 1.807) is 7.11 Å². The van der Waals surface area contributed by atoms with Gasteiger partial charge in [-0.05, 0) is 25.2 Å². The van der Waals surface area contributed by atoms with Crippen molar-refractivity contribution in [2.75, 3.05) is 12.4 Å². The van der Waals surface area contributed by atoms with E-state index in [0.29, 0.717) is 6.10 Å². The standard InChI is InChI=1S/C7H13BrO/c1-9-7-4-6(5-7)2-3-8/h6-7H,2-5H2,1H3. The topological polar surface area (TPSA) is 9.23 Å². The molecular weight excluding hydrogens is 180 g/mol. The van der Waals surface area contributed by atoms with Crippen molar-refractivity contribution in [1.82, 2.24) is 0 Å². The molecule has 1 rings (SSSR count). The number of alkyl halides is 1. The second-order valence-corrected chi connectivity index (χ2v) is 3.47. The van der Waals surface area contributed by atoms with Gasteiger partial charge in [0.05, 0.1) is 6.10 Å². The number of halogens is 1. The largest absolute Gasteiger partial charge is 0.381 e. The minimum absolute atomic E-state index is 0.578. The third-order valence-corrected chi connectivity index (χ3v) is 2.50. The molecule has 0 aromatic carbocycles. The zero-order valence-electron chi connectivity index (χ0n) is 5.77. The van der Waals surface area contributed by atoms with Gasteiger partial charge < -0.3 is 4.74 Å². The minimum Gasteiger partial charge on any atom is -0.381 e. The van der Waals surface area contributed by atoms with Gasteiger partial charge in [-0.2, -0.15) is 0 Å². The summed E-state index contributed by atoms with van der Waals surface area (Å²) < 4.78 is 5.15. The van der Waals surface area contributed by atoms with Crippen LogP contribution >= 0.6 is 15.9 Å². The number of methoxy groups -OCH3 is 1. The Kier molecular flexibility index (Phi) is 2.99. The first-order valence-electron chi connectivity index (χ1n) is 3.45. The highest BCUT2D eigenvalue weighted by Gasteiger charge is 2.27. The number of hydrogen-bond acceptors (Lipinski definition) is 1. The first-order chi connectivity index (χ1) is 4.36. The Hall–Kier alpha value is 0.440. The van der Waals surface area contributed by atoms with E-state index in [9.17, 15) is 0 Å². The van der Waals surface area contributed by atoms with E-state index in [0.717, 1.165) is 11.2 Å². The molecule has 2 heteroatoms. The molecule has 1 nitrogen and oxygen atoms in total. The van der Waals surface area contributed by atoms with Gasteiger partial charge in [0.25, 0.3) is 0 Å². The molecular formula is C7H13BrO. The molecule has 1 fully saturated rings. The van der Waals surface area contributed by atoms with Gasteiger partial charge in [0.1, 0.15) is 0 Å². The predicted octanol–water partition coefficient (Wildman–Crippen LogP) is 2.20. The quantitative estimate of drug-likeness (QED) is 0.624. The summed E-state index contributed by atoms with van der Waals surface area (Å²) in [6, 6.07) is 0. The van der Waals surface area contributed by atoms with Crippen LogP contribution in [-0.2, 0) is 4.74 Å². The second kappa shape index (κ2) is 3.57. The summed E-state index contributed by atoms with van der Waals surface area (Å²) in [6.45, 7) is 0. The molecule has 0 amide bonds. The first-order valence-corrected chi connectivity index (χ1v) is 4.57. The van der Waals surface area contributed by atoms with Crippen LogP contribution in [0.5, 0.6) is 0 Å². The van der Waals surface area contributed by atoms with Gasteiger partial charge in [-0.25, -0.2) is 0 Å². The molecule has 9 heavy (non-hydrogen) atoms. The highest BCUT2D eigenvalue weighted by Crippen LogP contribution is 2.32. The Balaban J connectivity index is 1.98. The van der Waals surface area contributed by atoms with Crippen LogP contribution in [0.3, 0.4) is 0 Å². The number of hydrogen-bond donors (Lipinski definition) is 0. The zero-order chi connectivity index (χ0) is 6.69. The molecule has 0 aromatic heterocycles. The van der Waals surface area contributed by atoms with Crippen LogP contribution in [0.25, 0.3) is 0 Å². The molecule has 54 valence electrons. The summed E-state index contributed by atoms with van der Waals surface area (Å²) in [5, 5.41) is 1.15. The average Bonchev–Trinajstić information content (AvgIpc) is 1.77. The monoisotopic (exact) mass is 192 g/mol. The highest BCUT2D eigenvalue weighted by molar-refractivity contribution is 9.09. The summed E-state index contributed by atoms with van der Waals surface area (Å²) in [6.07, 6.45) is 4.46. The molecule has 0 radical (unpaired) electrons. The second-order valence-electron chi connectivity index (χ2n) is 2.67.